The zero-order valence-electron chi connectivity index (χ0n) is 10.9. The summed E-state index contributed by atoms with van der Waals surface area (Å²) in [4.78, 5) is 5.96. The van der Waals surface area contributed by atoms with E-state index in [0.717, 1.165) is 35.5 Å². The Morgan fingerprint density at radius 2 is 2.32 bits per heavy atom. The van der Waals surface area contributed by atoms with E-state index in [1.54, 1.807) is 17.4 Å². The van der Waals surface area contributed by atoms with Gasteiger partial charge in [0.05, 0.1) is 5.69 Å². The van der Waals surface area contributed by atoms with Crippen molar-refractivity contribution >= 4 is 11.3 Å². The number of halogens is 1. The Kier molecular flexibility index (Phi) is 3.37. The smallest absolute Gasteiger partial charge is 0.133 e. The van der Waals surface area contributed by atoms with Gasteiger partial charge in [-0.05, 0) is 38.3 Å². The van der Waals surface area contributed by atoms with Crippen molar-refractivity contribution in [2.75, 3.05) is 6.54 Å². The number of thiazole rings is 1. The van der Waals surface area contributed by atoms with Crippen LogP contribution in [0.4, 0.5) is 4.39 Å². The lowest BCUT2D eigenvalue weighted by atomic mass is 9.91. The lowest BCUT2D eigenvalue weighted by molar-refractivity contribution is 0.554. The summed E-state index contributed by atoms with van der Waals surface area (Å²) in [5.74, 6) is 0.155. The highest BCUT2D eigenvalue weighted by Crippen LogP contribution is 2.38. The van der Waals surface area contributed by atoms with Crippen molar-refractivity contribution in [3.8, 4) is 10.6 Å². The first-order valence-electron chi connectivity index (χ1n) is 6.65. The standard InChI is InChI=1S/C15H17FN2S/c1-9-5-6-12(16)11(7-9)15-18-14-10(8-17)3-2-4-13(14)19-15/h5-7,10H,2-4,8,17H2,1H3. The Hall–Kier alpha value is -1.26. The van der Waals surface area contributed by atoms with Crippen molar-refractivity contribution in [3.63, 3.8) is 0 Å². The maximum Gasteiger partial charge on any atom is 0.133 e. The summed E-state index contributed by atoms with van der Waals surface area (Å²) in [5, 5.41) is 0.798. The predicted molar refractivity (Wildman–Crippen MR) is 77.0 cm³/mol. The van der Waals surface area contributed by atoms with Gasteiger partial charge >= 0.3 is 0 Å². The van der Waals surface area contributed by atoms with Gasteiger partial charge in [0.15, 0.2) is 0 Å². The monoisotopic (exact) mass is 276 g/mol. The summed E-state index contributed by atoms with van der Waals surface area (Å²) in [6.45, 7) is 2.60. The Bertz CT molecular complexity index is 606. The summed E-state index contributed by atoms with van der Waals surface area (Å²) in [6, 6.07) is 5.18. The maximum atomic E-state index is 13.9. The molecule has 2 N–H and O–H groups in total. The molecule has 1 atom stereocenters. The van der Waals surface area contributed by atoms with Crippen LogP contribution < -0.4 is 5.73 Å². The maximum absolute atomic E-state index is 13.9. The second-order valence-corrected chi connectivity index (χ2v) is 6.22. The van der Waals surface area contributed by atoms with Gasteiger partial charge < -0.3 is 5.73 Å². The van der Waals surface area contributed by atoms with Crippen LogP contribution in [0.5, 0.6) is 0 Å². The fourth-order valence-corrected chi connectivity index (χ4v) is 3.86. The van der Waals surface area contributed by atoms with Crippen LogP contribution in [0, 0.1) is 12.7 Å². The summed E-state index contributed by atoms with van der Waals surface area (Å²) < 4.78 is 13.9. The average Bonchev–Trinajstić information content (AvgIpc) is 2.85. The molecule has 3 rings (SSSR count). The third kappa shape index (κ3) is 2.30. The molecule has 0 saturated carbocycles. The van der Waals surface area contributed by atoms with Gasteiger partial charge in [0, 0.05) is 22.9 Å². The lowest BCUT2D eigenvalue weighted by Crippen LogP contribution is -2.17. The van der Waals surface area contributed by atoms with E-state index < -0.39 is 0 Å². The van der Waals surface area contributed by atoms with Crippen LogP contribution in [0.3, 0.4) is 0 Å². The number of rotatable bonds is 2. The van der Waals surface area contributed by atoms with Crippen LogP contribution in [-0.2, 0) is 6.42 Å². The Labute approximate surface area is 116 Å². The molecule has 1 aromatic heterocycles. The molecule has 2 aromatic rings. The fourth-order valence-electron chi connectivity index (χ4n) is 2.66. The second kappa shape index (κ2) is 5.02. The number of hydrogen-bond donors (Lipinski definition) is 1. The zero-order valence-corrected chi connectivity index (χ0v) is 11.8. The zero-order chi connectivity index (χ0) is 13.4. The highest BCUT2D eigenvalue weighted by atomic mass is 32.1. The highest BCUT2D eigenvalue weighted by molar-refractivity contribution is 7.15. The third-order valence-corrected chi connectivity index (χ3v) is 4.87. The van der Waals surface area contributed by atoms with Crippen molar-refractivity contribution in [2.24, 2.45) is 5.73 Å². The topological polar surface area (TPSA) is 38.9 Å². The molecule has 0 aliphatic heterocycles. The summed E-state index contributed by atoms with van der Waals surface area (Å²) in [6.07, 6.45) is 3.31. The highest BCUT2D eigenvalue weighted by Gasteiger charge is 2.24. The fraction of sp³-hybridized carbons (Fsp3) is 0.400. The van der Waals surface area contributed by atoms with E-state index in [4.69, 9.17) is 5.73 Å². The number of aromatic nitrogens is 1. The van der Waals surface area contributed by atoms with Crippen LogP contribution >= 0.6 is 11.3 Å². The van der Waals surface area contributed by atoms with Gasteiger partial charge in [0.25, 0.3) is 0 Å². The molecule has 1 aliphatic rings. The Balaban J connectivity index is 2.07. The van der Waals surface area contributed by atoms with Crippen LogP contribution in [0.2, 0.25) is 0 Å². The number of nitrogens with two attached hydrogens (primary N) is 1. The van der Waals surface area contributed by atoms with Gasteiger partial charge in [-0.3, -0.25) is 0 Å². The number of fused-ring (bicyclic) bond motifs is 1. The van der Waals surface area contributed by atoms with E-state index in [1.165, 1.54) is 10.9 Å². The summed E-state index contributed by atoms with van der Waals surface area (Å²) >= 11 is 1.62. The Morgan fingerprint density at radius 3 is 3.11 bits per heavy atom. The van der Waals surface area contributed by atoms with E-state index in [2.05, 4.69) is 4.98 Å². The quantitative estimate of drug-likeness (QED) is 0.909. The molecule has 19 heavy (non-hydrogen) atoms. The van der Waals surface area contributed by atoms with Gasteiger partial charge in [-0.2, -0.15) is 0 Å². The molecule has 0 spiro atoms. The van der Waals surface area contributed by atoms with Gasteiger partial charge in [0.2, 0.25) is 0 Å². The molecule has 1 unspecified atom stereocenters. The van der Waals surface area contributed by atoms with Crippen molar-refractivity contribution in [3.05, 3.63) is 40.2 Å². The van der Waals surface area contributed by atoms with Crippen LogP contribution in [-0.4, -0.2) is 11.5 Å². The minimum absolute atomic E-state index is 0.194. The van der Waals surface area contributed by atoms with E-state index in [9.17, 15) is 4.39 Å². The molecular weight excluding hydrogens is 259 g/mol. The molecule has 0 amide bonds. The molecule has 100 valence electrons. The first-order valence-corrected chi connectivity index (χ1v) is 7.47. The molecule has 1 heterocycles. The second-order valence-electron chi connectivity index (χ2n) is 5.14. The first-order chi connectivity index (χ1) is 9.19. The molecule has 0 saturated heterocycles. The molecule has 1 aromatic carbocycles. The third-order valence-electron chi connectivity index (χ3n) is 3.71. The minimum atomic E-state index is -0.194. The first kappa shape index (κ1) is 12.8. The van der Waals surface area contributed by atoms with Gasteiger partial charge in [-0.15, -0.1) is 11.3 Å². The summed E-state index contributed by atoms with van der Waals surface area (Å²) in [7, 11) is 0. The molecule has 4 heteroatoms. The van der Waals surface area contributed by atoms with Gasteiger partial charge in [-0.25, -0.2) is 9.37 Å². The van der Waals surface area contributed by atoms with E-state index >= 15 is 0 Å². The van der Waals surface area contributed by atoms with E-state index in [1.807, 2.05) is 13.0 Å². The van der Waals surface area contributed by atoms with Crippen LogP contribution in [0.1, 0.15) is 34.9 Å². The van der Waals surface area contributed by atoms with Crippen molar-refractivity contribution < 1.29 is 4.39 Å². The molecule has 1 aliphatic carbocycles. The SMILES string of the molecule is Cc1ccc(F)c(-c2nc3c(s2)CCCC3CN)c1. The largest absolute Gasteiger partial charge is 0.330 e. The number of nitrogens with zero attached hydrogens (tertiary/aromatic N) is 1. The molecule has 2 nitrogen and oxygen atoms in total. The number of benzene rings is 1. The molecule has 0 radical (unpaired) electrons. The van der Waals surface area contributed by atoms with Crippen LogP contribution in [0.15, 0.2) is 18.2 Å². The van der Waals surface area contributed by atoms with Gasteiger partial charge in [-0.1, -0.05) is 11.6 Å². The lowest BCUT2D eigenvalue weighted by Gasteiger charge is -2.18. The molecular formula is C15H17FN2S. The van der Waals surface area contributed by atoms with E-state index in [-0.39, 0.29) is 5.82 Å². The average molecular weight is 276 g/mol. The minimum Gasteiger partial charge on any atom is -0.330 e. The van der Waals surface area contributed by atoms with E-state index in [0.29, 0.717) is 18.0 Å². The van der Waals surface area contributed by atoms with Crippen molar-refractivity contribution in [2.45, 2.75) is 32.1 Å². The van der Waals surface area contributed by atoms with Crippen molar-refractivity contribution in [1.29, 1.82) is 0 Å². The number of hydrogen-bond acceptors (Lipinski definition) is 3. The van der Waals surface area contributed by atoms with Gasteiger partial charge in [0.1, 0.15) is 10.8 Å². The van der Waals surface area contributed by atoms with Crippen molar-refractivity contribution in [1.82, 2.24) is 4.98 Å². The summed E-state index contributed by atoms with van der Waals surface area (Å²) in [5.41, 5.74) is 8.59. The normalized spacial score (nSPS) is 18.4. The predicted octanol–water partition coefficient (Wildman–Crippen LogP) is 3.64. The molecule has 0 bridgehead atoms. The Morgan fingerprint density at radius 1 is 1.47 bits per heavy atom. The molecule has 0 fully saturated rings. The number of aryl methyl sites for hydroxylation is 2. The van der Waals surface area contributed by atoms with Crippen LogP contribution in [0.25, 0.3) is 10.6 Å².